The summed E-state index contributed by atoms with van der Waals surface area (Å²) in [5, 5.41) is 0. The van der Waals surface area contributed by atoms with E-state index in [2.05, 4.69) is 22.7 Å². The zero-order valence-corrected chi connectivity index (χ0v) is 9.60. The van der Waals surface area contributed by atoms with Gasteiger partial charge in [0.15, 0.2) is 0 Å². The quantitative estimate of drug-likeness (QED) is 0.292. The van der Waals surface area contributed by atoms with Gasteiger partial charge >= 0.3 is 5.97 Å². The van der Waals surface area contributed by atoms with Crippen LogP contribution < -0.4 is 0 Å². The Balaban J connectivity index is 4.38. The van der Waals surface area contributed by atoms with Gasteiger partial charge < -0.3 is 4.74 Å². The molecule has 0 heterocycles. The zero-order valence-electron chi connectivity index (χ0n) is 9.60. The van der Waals surface area contributed by atoms with Gasteiger partial charge in [0.05, 0.1) is 7.11 Å². The van der Waals surface area contributed by atoms with Crippen LogP contribution in [0.3, 0.4) is 0 Å². The van der Waals surface area contributed by atoms with Crippen molar-refractivity contribution in [2.45, 2.75) is 34.1 Å². The maximum Gasteiger partial charge on any atom is 0.384 e. The molecule has 0 aromatic rings. The molecule has 0 fully saturated rings. The van der Waals surface area contributed by atoms with Crippen LogP contribution in [0.2, 0.25) is 0 Å². The fourth-order valence-corrected chi connectivity index (χ4v) is 0.782. The molecule has 78 valence electrons. The lowest BCUT2D eigenvalue weighted by Gasteiger charge is -2.14. The molecule has 0 bridgehead atoms. The lowest BCUT2D eigenvalue weighted by molar-refractivity contribution is -0.133. The summed E-state index contributed by atoms with van der Waals surface area (Å²) in [5.74, 6) is 4.88. The average molecular weight is 194 g/mol. The summed E-state index contributed by atoms with van der Waals surface area (Å²) in [4.78, 5) is 10.8. The van der Waals surface area contributed by atoms with Gasteiger partial charge in [-0.3, -0.25) is 0 Å². The molecule has 0 aromatic carbocycles. The lowest BCUT2D eigenvalue weighted by atomic mass is 9.89. The Morgan fingerprint density at radius 1 is 1.43 bits per heavy atom. The first kappa shape index (κ1) is 12.8. The highest BCUT2D eigenvalue weighted by atomic mass is 16.5. The van der Waals surface area contributed by atoms with Gasteiger partial charge in [0.25, 0.3) is 0 Å². The van der Waals surface area contributed by atoms with Crippen LogP contribution >= 0.6 is 0 Å². The Morgan fingerprint density at radius 2 is 2.00 bits per heavy atom. The number of esters is 1. The molecule has 0 atom stereocenters. The fraction of sp³-hybridized carbons (Fsp3) is 0.583. The van der Waals surface area contributed by atoms with Crippen molar-refractivity contribution in [3.05, 3.63) is 11.6 Å². The molecule has 0 amide bonds. The van der Waals surface area contributed by atoms with Crippen molar-refractivity contribution < 1.29 is 9.53 Å². The smallest absolute Gasteiger partial charge is 0.384 e. The molecule has 0 unspecified atom stereocenters. The van der Waals surface area contributed by atoms with E-state index in [1.165, 1.54) is 12.7 Å². The lowest BCUT2D eigenvalue weighted by Crippen LogP contribution is -2.08. The van der Waals surface area contributed by atoms with Gasteiger partial charge in [-0.05, 0) is 34.1 Å². The molecule has 2 nitrogen and oxygen atoms in total. The summed E-state index contributed by atoms with van der Waals surface area (Å²) >= 11 is 0. The molecule has 0 saturated carbocycles. The van der Waals surface area contributed by atoms with Gasteiger partial charge in [-0.1, -0.05) is 17.6 Å². The average Bonchev–Trinajstić information content (AvgIpc) is 2.11. The van der Waals surface area contributed by atoms with Crippen LogP contribution in [0, 0.1) is 17.3 Å². The van der Waals surface area contributed by atoms with Crippen molar-refractivity contribution in [1.82, 2.24) is 0 Å². The Labute approximate surface area is 86.3 Å². The van der Waals surface area contributed by atoms with Crippen LogP contribution in [-0.2, 0) is 9.53 Å². The van der Waals surface area contributed by atoms with E-state index in [0.29, 0.717) is 0 Å². The number of hydrogen-bond acceptors (Lipinski definition) is 2. The van der Waals surface area contributed by atoms with Crippen molar-refractivity contribution in [2.75, 3.05) is 7.11 Å². The summed E-state index contributed by atoms with van der Waals surface area (Å²) in [6.45, 7) is 8.10. The van der Waals surface area contributed by atoms with E-state index in [4.69, 9.17) is 0 Å². The Kier molecular flexibility index (Phi) is 5.01. The van der Waals surface area contributed by atoms with E-state index in [9.17, 15) is 4.79 Å². The highest BCUT2D eigenvalue weighted by molar-refractivity contribution is 5.88. The van der Waals surface area contributed by atoms with E-state index in [1.54, 1.807) is 0 Å². The van der Waals surface area contributed by atoms with E-state index < -0.39 is 5.97 Å². The maximum absolute atomic E-state index is 10.8. The summed E-state index contributed by atoms with van der Waals surface area (Å²) in [7, 11) is 1.33. The van der Waals surface area contributed by atoms with Crippen molar-refractivity contribution in [2.24, 2.45) is 5.41 Å². The van der Waals surface area contributed by atoms with Gasteiger partial charge in [-0.2, -0.15) is 0 Å². The highest BCUT2D eigenvalue weighted by Crippen LogP contribution is 2.20. The number of methoxy groups -OCH3 is 1. The van der Waals surface area contributed by atoms with E-state index in [0.717, 1.165) is 6.42 Å². The number of ether oxygens (including phenoxy) is 1. The van der Waals surface area contributed by atoms with Gasteiger partial charge in [-0.25, -0.2) is 4.79 Å². The molecule has 0 aliphatic carbocycles. The highest BCUT2D eigenvalue weighted by Gasteiger charge is 2.12. The molecule has 0 aromatic heterocycles. The third-order valence-corrected chi connectivity index (χ3v) is 1.71. The molecule has 14 heavy (non-hydrogen) atoms. The minimum atomic E-state index is -0.477. The minimum Gasteiger partial charge on any atom is -0.459 e. The van der Waals surface area contributed by atoms with Crippen molar-refractivity contribution in [1.29, 1.82) is 0 Å². The maximum atomic E-state index is 10.8. The summed E-state index contributed by atoms with van der Waals surface area (Å²) in [6.07, 6.45) is 2.96. The predicted octanol–water partition coefficient (Wildman–Crippen LogP) is 2.55. The molecule has 0 saturated heterocycles. The predicted molar refractivity (Wildman–Crippen MR) is 57.6 cm³/mol. The van der Waals surface area contributed by atoms with Crippen LogP contribution in [0.15, 0.2) is 11.6 Å². The van der Waals surface area contributed by atoms with Gasteiger partial charge in [-0.15, -0.1) is 0 Å². The summed E-state index contributed by atoms with van der Waals surface area (Å²) in [6, 6.07) is 0. The molecule has 0 spiro atoms. The molecule has 0 radical (unpaired) electrons. The Bertz CT molecular complexity index is 283. The fourth-order valence-electron chi connectivity index (χ4n) is 0.782. The summed E-state index contributed by atoms with van der Waals surface area (Å²) < 4.78 is 4.44. The van der Waals surface area contributed by atoms with Crippen molar-refractivity contribution in [3.63, 3.8) is 0 Å². The number of carbonyl (C=O) groups excluding carboxylic acids is 1. The van der Waals surface area contributed by atoms with E-state index >= 15 is 0 Å². The first-order valence-corrected chi connectivity index (χ1v) is 4.62. The number of allylic oxidation sites excluding steroid dienone is 2. The zero-order chi connectivity index (χ0) is 11.2. The van der Waals surface area contributed by atoms with Gasteiger partial charge in [0.1, 0.15) is 0 Å². The normalized spacial score (nSPS) is 9.79. The van der Waals surface area contributed by atoms with Gasteiger partial charge in [0, 0.05) is 11.3 Å². The molecule has 0 rings (SSSR count). The summed E-state index contributed by atoms with van der Waals surface area (Å²) in [5.41, 5.74) is 1.09. The van der Waals surface area contributed by atoms with Crippen LogP contribution in [0.5, 0.6) is 0 Å². The van der Waals surface area contributed by atoms with Crippen LogP contribution in [0.4, 0.5) is 0 Å². The van der Waals surface area contributed by atoms with Crippen molar-refractivity contribution >= 4 is 5.97 Å². The second-order valence-corrected chi connectivity index (χ2v) is 4.11. The molecular weight excluding hydrogens is 176 g/mol. The first-order valence-electron chi connectivity index (χ1n) is 4.62. The first-order chi connectivity index (χ1) is 6.37. The van der Waals surface area contributed by atoms with Crippen LogP contribution in [0.25, 0.3) is 0 Å². The number of rotatable bonds is 2. The monoisotopic (exact) mass is 194 g/mol. The Hall–Kier alpha value is -1.23. The second-order valence-electron chi connectivity index (χ2n) is 4.11. The minimum absolute atomic E-state index is 0.175. The SMILES string of the molecule is COC(=O)C#CC(C)(C)CC=C(C)C. The van der Waals surface area contributed by atoms with Crippen LogP contribution in [0.1, 0.15) is 34.1 Å². The van der Waals surface area contributed by atoms with Crippen LogP contribution in [-0.4, -0.2) is 13.1 Å². The molecule has 0 aliphatic rings. The topological polar surface area (TPSA) is 26.3 Å². The standard InChI is InChI=1S/C12H18O2/c1-10(2)6-8-12(3,4)9-7-11(13)14-5/h6H,8H2,1-5H3. The van der Waals surface area contributed by atoms with Gasteiger partial charge in [0.2, 0.25) is 0 Å². The molecule has 0 aliphatic heterocycles. The number of hydrogen-bond donors (Lipinski definition) is 0. The van der Waals surface area contributed by atoms with Crippen molar-refractivity contribution in [3.8, 4) is 11.8 Å². The van der Waals surface area contributed by atoms with E-state index in [1.807, 2.05) is 27.7 Å². The number of carbonyl (C=O) groups is 1. The third-order valence-electron chi connectivity index (χ3n) is 1.71. The molecule has 0 N–H and O–H groups in total. The Morgan fingerprint density at radius 3 is 2.43 bits per heavy atom. The second kappa shape index (κ2) is 5.49. The molecular formula is C12H18O2. The third kappa shape index (κ3) is 6.30. The largest absolute Gasteiger partial charge is 0.459 e. The van der Waals surface area contributed by atoms with E-state index in [-0.39, 0.29) is 5.41 Å². The molecule has 2 heteroatoms.